The van der Waals surface area contributed by atoms with Crippen LogP contribution in [0.3, 0.4) is 0 Å². The molecule has 26 heteroatoms. The maximum Gasteiger partial charge on any atom is 0.325 e. The van der Waals surface area contributed by atoms with Gasteiger partial charge in [0.25, 0.3) is 0 Å². The second-order valence-corrected chi connectivity index (χ2v) is 22.1. The molecule has 3 atom stereocenters. The Bertz CT molecular complexity index is 2540. The lowest BCUT2D eigenvalue weighted by atomic mass is 10.0. The van der Waals surface area contributed by atoms with E-state index in [2.05, 4.69) is 48.3 Å². The van der Waals surface area contributed by atoms with Crippen molar-refractivity contribution in [1.29, 1.82) is 0 Å². The normalized spacial score (nSPS) is 13.9. The molecule has 0 fully saturated rings. The summed E-state index contributed by atoms with van der Waals surface area (Å²) >= 11 is 19.7. The van der Waals surface area contributed by atoms with Gasteiger partial charge < -0.3 is 40.7 Å². The minimum absolute atomic E-state index is 0.0223. The second-order valence-electron chi connectivity index (χ2n) is 16.6. The first-order chi connectivity index (χ1) is 32.8. The largest absolute Gasteiger partial charge is 0.480 e. The van der Waals surface area contributed by atoms with Gasteiger partial charge in [0.2, 0.25) is 27.9 Å². The first-order valence-corrected chi connectivity index (χ1v) is 27.4. The van der Waals surface area contributed by atoms with Crippen LogP contribution in [0, 0.1) is 12.7 Å². The summed E-state index contributed by atoms with van der Waals surface area (Å²) in [6, 6.07) is 7.66. The number of nitrogens with zero attached hydrogens (tertiary/aromatic N) is 7. The number of thioether (sulfide) groups is 1. The number of hydrogen-bond donors (Lipinski definition) is 5. The van der Waals surface area contributed by atoms with Crippen molar-refractivity contribution in [3.05, 3.63) is 72.1 Å². The van der Waals surface area contributed by atoms with Gasteiger partial charge in [-0.2, -0.15) is 15.0 Å². The molecule has 1 aliphatic rings. The van der Waals surface area contributed by atoms with E-state index in [0.717, 1.165) is 71.8 Å². The van der Waals surface area contributed by atoms with Gasteiger partial charge in [0, 0.05) is 50.0 Å². The van der Waals surface area contributed by atoms with E-state index in [-0.39, 0.29) is 62.6 Å². The SMILES string of the molecule is CCNc1nc(Cl)nc(NC(C)(C)C)n1.CCc1cccc(C)c1N(C(=O)CCl)C(C)COC.COC(=O)CSc1cc(N=c2sc(=O)n3n2CCCC3)c(F)cc1Cl.CP(=O)(O)CCC(N)C(=O)O. The molecule has 1 amide bonds. The Labute approximate surface area is 431 Å². The van der Waals surface area contributed by atoms with Gasteiger partial charge in [0.1, 0.15) is 23.4 Å². The molecule has 0 saturated heterocycles. The number of para-hydroxylation sites is 1. The number of rotatable bonds is 17. The molecule has 0 saturated carbocycles. The molecular weight excluding hydrogens is 1030 g/mol. The first kappa shape index (κ1) is 62.0. The molecule has 0 radical (unpaired) electrons. The van der Waals surface area contributed by atoms with Crippen molar-refractivity contribution in [1.82, 2.24) is 24.3 Å². The van der Waals surface area contributed by atoms with Crippen molar-refractivity contribution in [2.45, 2.75) is 110 Å². The topological polar surface area (TPSA) is 258 Å². The molecule has 3 unspecified atom stereocenters. The predicted octanol–water partition coefficient (Wildman–Crippen LogP) is 7.82. The van der Waals surface area contributed by atoms with E-state index in [9.17, 15) is 28.1 Å². The molecule has 5 rings (SSSR count). The van der Waals surface area contributed by atoms with Gasteiger partial charge >= 0.3 is 16.8 Å². The van der Waals surface area contributed by atoms with Crippen molar-refractivity contribution in [2.24, 2.45) is 10.7 Å². The van der Waals surface area contributed by atoms with Crippen LogP contribution in [0.25, 0.3) is 0 Å². The standard InChI is InChI=1S/C15H15ClFN3O3S2.C15H22ClNO2.C9H16ClN5.C5H12NO4P/c1-23-13(21)8-24-12-7-11(10(17)6-9(12)16)18-14-19-4-2-3-5-20(19)15(22)25-14;1-5-13-8-6-7-11(2)15(13)17(14(18)9-16)12(3)10-19-4;1-5-11-7-12-6(10)13-8(14-7)15-9(2,3)4;1-11(9,10)3-2-4(6)5(7)8/h6-7H,2-5,8H2,1H3;6-8,12H,5,9-10H2,1-4H3;5H2,1-4H3,(H2,11,12,13,14,15);4H,2-3,6H2,1H3,(H,7,8)(H,9,10). The molecule has 0 bridgehead atoms. The molecule has 2 aromatic carbocycles. The Kier molecular flexibility index (Phi) is 26.6. The van der Waals surface area contributed by atoms with Crippen LogP contribution >= 0.6 is 65.3 Å². The highest BCUT2D eigenvalue weighted by molar-refractivity contribution is 8.00. The number of amides is 1. The number of alkyl halides is 1. The number of ether oxygens (including phenoxy) is 2. The van der Waals surface area contributed by atoms with Crippen LogP contribution in [0.1, 0.15) is 71.9 Å². The van der Waals surface area contributed by atoms with Gasteiger partial charge in [-0.15, -0.1) is 23.4 Å². The highest BCUT2D eigenvalue weighted by Gasteiger charge is 2.25. The molecular formula is C44H65Cl3FN10O9PS2. The molecule has 3 heterocycles. The number of aryl methyl sites for hydroxylation is 2. The highest BCUT2D eigenvalue weighted by Crippen LogP contribution is 2.36. The predicted molar refractivity (Wildman–Crippen MR) is 278 cm³/mol. The molecule has 0 spiro atoms. The van der Waals surface area contributed by atoms with E-state index in [4.69, 9.17) is 55.3 Å². The van der Waals surface area contributed by atoms with Gasteiger partial charge in [-0.25, -0.2) is 14.1 Å². The number of hydrogen-bond acceptors (Lipinski definition) is 16. The van der Waals surface area contributed by atoms with Crippen LogP contribution in [0.4, 0.5) is 27.7 Å². The van der Waals surface area contributed by atoms with Gasteiger partial charge in [0.05, 0.1) is 36.2 Å². The molecule has 70 heavy (non-hydrogen) atoms. The van der Waals surface area contributed by atoms with E-state index >= 15 is 0 Å². The van der Waals surface area contributed by atoms with Crippen LogP contribution in [-0.2, 0) is 47.9 Å². The Morgan fingerprint density at radius 1 is 1.10 bits per heavy atom. The van der Waals surface area contributed by atoms with Crippen molar-refractivity contribution in [2.75, 3.05) is 67.4 Å². The maximum atomic E-state index is 14.3. The molecule has 1 aliphatic heterocycles. The zero-order valence-corrected chi connectivity index (χ0v) is 45.9. The highest BCUT2D eigenvalue weighted by atomic mass is 35.5. The lowest BCUT2D eigenvalue weighted by molar-refractivity contribution is -0.139. The third kappa shape index (κ3) is 21.3. The number of nitrogens with two attached hydrogens (primary N) is 1. The number of esters is 1. The molecule has 2 aromatic heterocycles. The fraction of sp³-hybridized carbons (Fsp3) is 0.545. The number of fused-ring (bicyclic) bond motifs is 1. The van der Waals surface area contributed by atoms with Crippen LogP contribution in [0.5, 0.6) is 0 Å². The molecule has 390 valence electrons. The Hall–Kier alpha value is -4.12. The minimum Gasteiger partial charge on any atom is -0.480 e. The number of carbonyl (C=O) groups is 3. The monoisotopic (exact) mass is 1100 g/mol. The summed E-state index contributed by atoms with van der Waals surface area (Å²) in [6.45, 7) is 17.9. The summed E-state index contributed by atoms with van der Waals surface area (Å²) in [4.78, 5) is 73.4. The van der Waals surface area contributed by atoms with E-state index in [1.54, 1.807) is 21.4 Å². The third-order valence-corrected chi connectivity index (χ3v) is 13.3. The van der Waals surface area contributed by atoms with Gasteiger partial charge in [-0.3, -0.25) is 28.4 Å². The number of benzene rings is 2. The number of carboxylic acid groups (broad SMARTS) is 1. The number of carbonyl (C=O) groups excluding carboxylic acids is 2. The summed E-state index contributed by atoms with van der Waals surface area (Å²) in [5.41, 5.74) is 8.28. The lowest BCUT2D eigenvalue weighted by Crippen LogP contribution is -2.43. The van der Waals surface area contributed by atoms with Crippen LogP contribution in [0.2, 0.25) is 10.3 Å². The average molecular weight is 1100 g/mol. The fourth-order valence-corrected chi connectivity index (χ4v) is 9.27. The second kappa shape index (κ2) is 30.0. The van der Waals surface area contributed by atoms with Gasteiger partial charge in [0.15, 0.2) is 7.37 Å². The molecule has 6 N–H and O–H groups in total. The van der Waals surface area contributed by atoms with Crippen LogP contribution in [0.15, 0.2) is 45.0 Å². The Morgan fingerprint density at radius 2 is 1.74 bits per heavy atom. The Balaban J connectivity index is 0.000000335. The van der Waals surface area contributed by atoms with Crippen molar-refractivity contribution in [3.8, 4) is 0 Å². The lowest BCUT2D eigenvalue weighted by Gasteiger charge is -2.31. The summed E-state index contributed by atoms with van der Waals surface area (Å²) < 4.78 is 38.1. The maximum absolute atomic E-state index is 14.3. The first-order valence-electron chi connectivity index (χ1n) is 22.0. The number of aromatic nitrogens is 5. The van der Waals surface area contributed by atoms with Crippen LogP contribution in [-0.4, -0.2) is 122 Å². The third-order valence-electron chi connectivity index (χ3n) is 9.46. The van der Waals surface area contributed by atoms with E-state index in [0.29, 0.717) is 41.3 Å². The zero-order chi connectivity index (χ0) is 52.9. The van der Waals surface area contributed by atoms with E-state index in [1.807, 2.05) is 53.7 Å². The van der Waals surface area contributed by atoms with E-state index < -0.39 is 31.2 Å². The van der Waals surface area contributed by atoms with Crippen molar-refractivity contribution >= 4 is 106 Å². The summed E-state index contributed by atoms with van der Waals surface area (Å²) in [7, 11) is -0.168. The zero-order valence-electron chi connectivity index (χ0n) is 41.1. The number of methoxy groups -OCH3 is 2. The molecule has 19 nitrogen and oxygen atoms in total. The quantitative estimate of drug-likeness (QED) is 0.0292. The summed E-state index contributed by atoms with van der Waals surface area (Å²) in [6.07, 6.45) is 2.77. The van der Waals surface area contributed by atoms with Crippen molar-refractivity contribution in [3.63, 3.8) is 0 Å². The van der Waals surface area contributed by atoms with Gasteiger partial charge in [-0.1, -0.05) is 36.7 Å². The van der Waals surface area contributed by atoms with E-state index in [1.165, 1.54) is 19.8 Å². The fourth-order valence-electron chi connectivity index (χ4n) is 6.23. The molecule has 4 aromatic rings. The molecule has 0 aliphatic carbocycles. The smallest absolute Gasteiger partial charge is 0.325 e. The Morgan fingerprint density at radius 3 is 2.30 bits per heavy atom. The summed E-state index contributed by atoms with van der Waals surface area (Å²) in [5, 5.41) is 14.8. The minimum atomic E-state index is -3.10. The number of aliphatic carboxylic acids is 1. The van der Waals surface area contributed by atoms with Crippen molar-refractivity contribution < 1.29 is 42.8 Å². The number of carboxylic acids is 1. The average Bonchev–Trinajstić information content (AvgIpc) is 3.60. The van der Waals surface area contributed by atoms with Gasteiger partial charge in [-0.05, 0) is 113 Å². The number of nitrogens with one attached hydrogen (secondary N) is 2. The number of halogens is 4. The summed E-state index contributed by atoms with van der Waals surface area (Å²) in [5.74, 6) is -1.20. The van der Waals surface area contributed by atoms with Crippen LogP contribution < -0.4 is 30.9 Å². The number of anilines is 3.